The smallest absolute Gasteiger partial charge is 0.345 e. The van der Waals surface area contributed by atoms with Crippen molar-refractivity contribution >= 4 is 11.7 Å². The molecule has 0 heterocycles. The molecule has 0 aliphatic heterocycles. The number of alkyl halides is 3. The summed E-state index contributed by atoms with van der Waals surface area (Å²) in [7, 11) is 1.25. The van der Waals surface area contributed by atoms with Gasteiger partial charge >= 0.3 is 6.18 Å². The fourth-order valence-electron chi connectivity index (χ4n) is 0.767. The van der Waals surface area contributed by atoms with E-state index >= 15 is 0 Å². The van der Waals surface area contributed by atoms with Gasteiger partial charge in [0.25, 0.3) is 0 Å². The number of carbonyl (C=O) groups is 2. The second-order valence-corrected chi connectivity index (χ2v) is 3.06. The zero-order valence-corrected chi connectivity index (χ0v) is 8.02. The molecule has 0 fully saturated rings. The topological polar surface area (TPSA) is 37.4 Å². The Labute approximate surface area is 79.9 Å². The third kappa shape index (κ3) is 6.45. The molecule has 0 aromatic heterocycles. The summed E-state index contributed by atoms with van der Waals surface area (Å²) < 4.78 is 35.2. The van der Waals surface area contributed by atoms with E-state index in [-0.39, 0.29) is 12.2 Å². The van der Waals surface area contributed by atoms with Crippen LogP contribution < -0.4 is 0 Å². The molecule has 0 aromatic rings. The highest BCUT2D eigenvalue weighted by atomic mass is 19.4. The quantitative estimate of drug-likeness (QED) is 0.659. The van der Waals surface area contributed by atoms with E-state index in [1.54, 1.807) is 0 Å². The molecule has 0 rings (SSSR count). The predicted octanol–water partition coefficient (Wildman–Crippen LogP) is 1.38. The Balaban J connectivity index is 3.90. The van der Waals surface area contributed by atoms with Gasteiger partial charge in [-0.2, -0.15) is 13.2 Å². The summed E-state index contributed by atoms with van der Waals surface area (Å²) in [6.07, 6.45) is -5.66. The molecule has 0 N–H and O–H groups in total. The highest BCUT2D eigenvalue weighted by Gasteiger charge is 2.28. The maximum absolute atomic E-state index is 11.7. The van der Waals surface area contributed by atoms with E-state index in [1.165, 1.54) is 14.0 Å². The van der Waals surface area contributed by atoms with Crippen LogP contribution in [0.3, 0.4) is 0 Å². The van der Waals surface area contributed by atoms with Gasteiger partial charge in [0, 0.05) is 13.6 Å². The SMILES string of the molecule is CC(=O)CC(=O)N(C)CCC(F)(F)F. The van der Waals surface area contributed by atoms with Crippen LogP contribution in [0.1, 0.15) is 19.8 Å². The van der Waals surface area contributed by atoms with Gasteiger partial charge in [-0.15, -0.1) is 0 Å². The summed E-state index contributed by atoms with van der Waals surface area (Å²) in [5, 5.41) is 0. The van der Waals surface area contributed by atoms with E-state index in [0.717, 1.165) is 4.90 Å². The largest absolute Gasteiger partial charge is 0.390 e. The molecule has 0 atom stereocenters. The van der Waals surface area contributed by atoms with Crippen LogP contribution in [0.4, 0.5) is 13.2 Å². The van der Waals surface area contributed by atoms with Crippen molar-refractivity contribution in [3.8, 4) is 0 Å². The Morgan fingerprint density at radius 3 is 2.14 bits per heavy atom. The molecule has 0 saturated heterocycles. The van der Waals surface area contributed by atoms with E-state index < -0.39 is 25.0 Å². The average Bonchev–Trinajstić information content (AvgIpc) is 1.97. The third-order valence-electron chi connectivity index (χ3n) is 1.56. The Kier molecular flexibility index (Phi) is 4.59. The number of carbonyl (C=O) groups excluding carboxylic acids is 2. The molecule has 0 aliphatic rings. The van der Waals surface area contributed by atoms with Crippen molar-refractivity contribution in [1.82, 2.24) is 4.90 Å². The number of ketones is 1. The number of hydrogen-bond donors (Lipinski definition) is 0. The summed E-state index contributed by atoms with van der Waals surface area (Å²) in [6, 6.07) is 0. The van der Waals surface area contributed by atoms with Crippen LogP contribution in [0.5, 0.6) is 0 Å². The van der Waals surface area contributed by atoms with E-state index in [0.29, 0.717) is 0 Å². The minimum absolute atomic E-state index is 0.339. The van der Waals surface area contributed by atoms with Crippen LogP contribution in [-0.4, -0.2) is 36.4 Å². The third-order valence-corrected chi connectivity index (χ3v) is 1.56. The van der Waals surface area contributed by atoms with Crippen LogP contribution in [0, 0.1) is 0 Å². The van der Waals surface area contributed by atoms with Gasteiger partial charge in [-0.25, -0.2) is 0 Å². The zero-order chi connectivity index (χ0) is 11.4. The van der Waals surface area contributed by atoms with Gasteiger partial charge in [-0.1, -0.05) is 0 Å². The molecule has 0 spiro atoms. The van der Waals surface area contributed by atoms with Gasteiger partial charge in [0.15, 0.2) is 0 Å². The molecule has 82 valence electrons. The van der Waals surface area contributed by atoms with Crippen LogP contribution >= 0.6 is 0 Å². The maximum Gasteiger partial charge on any atom is 0.390 e. The van der Waals surface area contributed by atoms with Crippen molar-refractivity contribution in [2.24, 2.45) is 0 Å². The number of Topliss-reactive ketones (excluding diaryl/α,β-unsaturated/α-hetero) is 1. The summed E-state index contributed by atoms with van der Waals surface area (Å²) in [5.74, 6) is -0.935. The molecule has 0 aromatic carbocycles. The molecule has 3 nitrogen and oxygen atoms in total. The summed E-state index contributed by atoms with van der Waals surface area (Å²) in [6.45, 7) is 0.811. The van der Waals surface area contributed by atoms with Crippen molar-refractivity contribution in [3.05, 3.63) is 0 Å². The normalized spacial score (nSPS) is 11.2. The summed E-state index contributed by atoms with van der Waals surface area (Å²) >= 11 is 0. The van der Waals surface area contributed by atoms with Crippen LogP contribution in [0.25, 0.3) is 0 Å². The van der Waals surface area contributed by atoms with Gasteiger partial charge in [-0.3, -0.25) is 9.59 Å². The second kappa shape index (κ2) is 4.97. The van der Waals surface area contributed by atoms with E-state index in [9.17, 15) is 22.8 Å². The highest BCUT2D eigenvalue weighted by Crippen LogP contribution is 2.19. The first-order chi connectivity index (χ1) is 6.22. The first-order valence-electron chi connectivity index (χ1n) is 4.02. The molecule has 0 unspecified atom stereocenters. The monoisotopic (exact) mass is 211 g/mol. The zero-order valence-electron chi connectivity index (χ0n) is 8.02. The maximum atomic E-state index is 11.7. The highest BCUT2D eigenvalue weighted by molar-refractivity contribution is 5.96. The van der Waals surface area contributed by atoms with Gasteiger partial charge in [0.05, 0.1) is 12.8 Å². The molecule has 0 radical (unpaired) electrons. The lowest BCUT2D eigenvalue weighted by Gasteiger charge is -2.17. The molecular weight excluding hydrogens is 199 g/mol. The van der Waals surface area contributed by atoms with Crippen LogP contribution in [0.2, 0.25) is 0 Å². The molecular formula is C8H12F3NO2. The van der Waals surface area contributed by atoms with Gasteiger partial charge in [-0.05, 0) is 6.92 Å². The fraction of sp³-hybridized carbons (Fsp3) is 0.750. The number of hydrogen-bond acceptors (Lipinski definition) is 2. The number of nitrogens with zero attached hydrogens (tertiary/aromatic N) is 1. The lowest BCUT2D eigenvalue weighted by Crippen LogP contribution is -2.31. The Morgan fingerprint density at radius 1 is 1.29 bits per heavy atom. The van der Waals surface area contributed by atoms with Crippen molar-refractivity contribution in [2.75, 3.05) is 13.6 Å². The second-order valence-electron chi connectivity index (χ2n) is 3.06. The van der Waals surface area contributed by atoms with Crippen molar-refractivity contribution < 1.29 is 22.8 Å². The molecule has 0 aliphatic carbocycles. The molecule has 0 saturated carbocycles. The molecule has 1 amide bonds. The molecule has 14 heavy (non-hydrogen) atoms. The average molecular weight is 211 g/mol. The Morgan fingerprint density at radius 2 is 1.79 bits per heavy atom. The first-order valence-corrected chi connectivity index (χ1v) is 4.02. The Hall–Kier alpha value is -1.07. The number of halogens is 3. The van der Waals surface area contributed by atoms with Crippen molar-refractivity contribution in [1.29, 1.82) is 0 Å². The van der Waals surface area contributed by atoms with Crippen LogP contribution in [0.15, 0.2) is 0 Å². The summed E-state index contributed by atoms with van der Waals surface area (Å²) in [5.41, 5.74) is 0. The van der Waals surface area contributed by atoms with E-state index in [1.807, 2.05) is 0 Å². The van der Waals surface area contributed by atoms with Gasteiger partial charge in [0.2, 0.25) is 5.91 Å². The molecule has 6 heteroatoms. The first kappa shape index (κ1) is 12.9. The fourth-order valence-corrected chi connectivity index (χ4v) is 0.767. The Bertz CT molecular complexity index is 225. The number of amides is 1. The minimum Gasteiger partial charge on any atom is -0.345 e. The lowest BCUT2D eigenvalue weighted by atomic mass is 10.3. The van der Waals surface area contributed by atoms with Crippen molar-refractivity contribution in [3.63, 3.8) is 0 Å². The van der Waals surface area contributed by atoms with Crippen LogP contribution in [-0.2, 0) is 9.59 Å². The summed E-state index contributed by atoms with van der Waals surface area (Å²) in [4.78, 5) is 22.4. The predicted molar refractivity (Wildman–Crippen MR) is 43.6 cm³/mol. The van der Waals surface area contributed by atoms with E-state index in [2.05, 4.69) is 0 Å². The standard InChI is InChI=1S/C8H12F3NO2/c1-6(13)5-7(14)12(2)4-3-8(9,10)11/h3-5H2,1-2H3. The van der Waals surface area contributed by atoms with E-state index in [4.69, 9.17) is 0 Å². The van der Waals surface area contributed by atoms with Crippen molar-refractivity contribution in [2.45, 2.75) is 25.9 Å². The number of rotatable bonds is 4. The van der Waals surface area contributed by atoms with Gasteiger partial charge in [0.1, 0.15) is 5.78 Å². The van der Waals surface area contributed by atoms with Gasteiger partial charge < -0.3 is 4.90 Å². The minimum atomic E-state index is -4.27. The lowest BCUT2D eigenvalue weighted by molar-refractivity contribution is -0.144. The molecule has 0 bridgehead atoms.